The summed E-state index contributed by atoms with van der Waals surface area (Å²) in [7, 11) is 0. The fraction of sp³-hybridized carbons (Fsp3) is 0.533. The van der Waals surface area contributed by atoms with Crippen LogP contribution in [0.2, 0.25) is 0 Å². The summed E-state index contributed by atoms with van der Waals surface area (Å²) in [4.78, 5) is 11.4. The first-order valence-corrected chi connectivity index (χ1v) is 6.70. The van der Waals surface area contributed by atoms with E-state index in [2.05, 4.69) is 36.5 Å². The third kappa shape index (κ3) is 2.91. The summed E-state index contributed by atoms with van der Waals surface area (Å²) >= 11 is 0. The zero-order chi connectivity index (χ0) is 13.0. The van der Waals surface area contributed by atoms with E-state index in [9.17, 15) is 4.79 Å². The summed E-state index contributed by atoms with van der Waals surface area (Å²) in [5.74, 6) is 0.440. The fourth-order valence-electron chi connectivity index (χ4n) is 2.64. The van der Waals surface area contributed by atoms with Crippen molar-refractivity contribution >= 4 is 5.97 Å². The molecule has 0 heterocycles. The maximum atomic E-state index is 11.4. The van der Waals surface area contributed by atoms with Crippen LogP contribution < -0.4 is 5.32 Å². The van der Waals surface area contributed by atoms with Gasteiger partial charge in [0.2, 0.25) is 0 Å². The lowest BCUT2D eigenvalue weighted by Crippen LogP contribution is -2.31. The van der Waals surface area contributed by atoms with Crippen molar-refractivity contribution in [2.45, 2.75) is 38.6 Å². The van der Waals surface area contributed by atoms with Gasteiger partial charge in [-0.3, -0.25) is 4.79 Å². The Bertz CT molecular complexity index is 417. The fourth-order valence-corrected chi connectivity index (χ4v) is 2.64. The van der Waals surface area contributed by atoms with Crippen LogP contribution in [0.3, 0.4) is 0 Å². The second-order valence-corrected chi connectivity index (χ2v) is 4.85. The summed E-state index contributed by atoms with van der Waals surface area (Å²) in [5.41, 5.74) is 2.74. The number of ether oxygens (including phenoxy) is 1. The molecule has 0 aromatic heterocycles. The van der Waals surface area contributed by atoms with Gasteiger partial charge in [0.1, 0.15) is 0 Å². The van der Waals surface area contributed by atoms with E-state index in [1.54, 1.807) is 0 Å². The minimum absolute atomic E-state index is 0.173. The molecule has 1 aromatic rings. The molecule has 0 saturated heterocycles. The summed E-state index contributed by atoms with van der Waals surface area (Å²) in [6.45, 7) is 4.83. The molecule has 2 rings (SSSR count). The Hall–Kier alpha value is -1.35. The molecule has 18 heavy (non-hydrogen) atoms. The minimum atomic E-state index is -0.173. The maximum Gasteiger partial charge on any atom is 0.319 e. The molecule has 0 amide bonds. The molecule has 2 unspecified atom stereocenters. The molecule has 98 valence electrons. The van der Waals surface area contributed by atoms with E-state index in [0.29, 0.717) is 19.1 Å². The van der Waals surface area contributed by atoms with Gasteiger partial charge in [-0.15, -0.1) is 0 Å². The highest BCUT2D eigenvalue weighted by molar-refractivity contribution is 5.71. The highest BCUT2D eigenvalue weighted by Gasteiger charge is 2.24. The highest BCUT2D eigenvalue weighted by atomic mass is 16.5. The molecule has 0 spiro atoms. The Balaban J connectivity index is 2.03. The first kappa shape index (κ1) is 13.1. The van der Waals surface area contributed by atoms with Gasteiger partial charge in [-0.2, -0.15) is 0 Å². The minimum Gasteiger partial charge on any atom is -0.465 e. The SMILES string of the molecule is CCOC(=O)CNC1CCC(C)c2ccccc21. The molecule has 3 nitrogen and oxygen atoms in total. The van der Waals surface area contributed by atoms with E-state index in [1.807, 2.05) is 6.92 Å². The molecule has 2 atom stereocenters. The van der Waals surface area contributed by atoms with Crippen molar-refractivity contribution < 1.29 is 9.53 Å². The van der Waals surface area contributed by atoms with Gasteiger partial charge in [-0.25, -0.2) is 0 Å². The normalized spacial score (nSPS) is 22.3. The number of nitrogens with one attached hydrogen (secondary N) is 1. The van der Waals surface area contributed by atoms with Gasteiger partial charge in [0, 0.05) is 6.04 Å². The number of rotatable bonds is 4. The number of hydrogen-bond donors (Lipinski definition) is 1. The molecule has 0 bridgehead atoms. The number of fused-ring (bicyclic) bond motifs is 1. The third-order valence-corrected chi connectivity index (χ3v) is 3.59. The zero-order valence-corrected chi connectivity index (χ0v) is 11.1. The summed E-state index contributed by atoms with van der Waals surface area (Å²) in [5, 5.41) is 3.31. The molecule has 0 fully saturated rings. The molecule has 0 aliphatic heterocycles. The molecule has 3 heteroatoms. The number of benzene rings is 1. The van der Waals surface area contributed by atoms with Gasteiger partial charge in [0.25, 0.3) is 0 Å². The smallest absolute Gasteiger partial charge is 0.319 e. The van der Waals surface area contributed by atoms with E-state index < -0.39 is 0 Å². The van der Waals surface area contributed by atoms with Crippen LogP contribution >= 0.6 is 0 Å². The first-order valence-electron chi connectivity index (χ1n) is 6.70. The second kappa shape index (κ2) is 6.01. The quantitative estimate of drug-likeness (QED) is 0.831. The van der Waals surface area contributed by atoms with E-state index in [1.165, 1.54) is 11.1 Å². The van der Waals surface area contributed by atoms with Gasteiger partial charge in [-0.1, -0.05) is 31.2 Å². The lowest BCUT2D eigenvalue weighted by molar-refractivity contribution is -0.142. The molecule has 1 aliphatic rings. The number of carbonyl (C=O) groups is 1. The molecule has 1 aliphatic carbocycles. The van der Waals surface area contributed by atoms with Gasteiger partial charge in [-0.05, 0) is 36.8 Å². The average Bonchev–Trinajstić information content (AvgIpc) is 2.39. The van der Waals surface area contributed by atoms with E-state index in [-0.39, 0.29) is 12.0 Å². The predicted molar refractivity (Wildman–Crippen MR) is 71.5 cm³/mol. The van der Waals surface area contributed by atoms with Gasteiger partial charge >= 0.3 is 5.97 Å². The average molecular weight is 247 g/mol. The summed E-state index contributed by atoms with van der Waals surface area (Å²) < 4.78 is 4.94. The van der Waals surface area contributed by atoms with Crippen molar-refractivity contribution in [2.75, 3.05) is 13.2 Å². The van der Waals surface area contributed by atoms with Crippen LogP contribution in [-0.2, 0) is 9.53 Å². The lowest BCUT2D eigenvalue weighted by Gasteiger charge is -2.30. The highest BCUT2D eigenvalue weighted by Crippen LogP contribution is 2.36. The third-order valence-electron chi connectivity index (χ3n) is 3.59. The van der Waals surface area contributed by atoms with E-state index in [4.69, 9.17) is 4.74 Å². The van der Waals surface area contributed by atoms with Crippen LogP contribution in [0.5, 0.6) is 0 Å². The van der Waals surface area contributed by atoms with Crippen molar-refractivity contribution in [2.24, 2.45) is 0 Å². The number of esters is 1. The number of hydrogen-bond acceptors (Lipinski definition) is 3. The van der Waals surface area contributed by atoms with Crippen molar-refractivity contribution in [1.82, 2.24) is 5.32 Å². The Kier molecular flexibility index (Phi) is 4.37. The van der Waals surface area contributed by atoms with Crippen molar-refractivity contribution in [3.8, 4) is 0 Å². The van der Waals surface area contributed by atoms with E-state index >= 15 is 0 Å². The summed E-state index contributed by atoms with van der Waals surface area (Å²) in [6, 6.07) is 8.78. The molecule has 1 N–H and O–H groups in total. The predicted octanol–water partition coefficient (Wildman–Crippen LogP) is 2.78. The lowest BCUT2D eigenvalue weighted by atomic mass is 9.81. The molecular weight excluding hydrogens is 226 g/mol. The molecule has 1 aromatic carbocycles. The van der Waals surface area contributed by atoms with Crippen LogP contribution in [0.4, 0.5) is 0 Å². The summed E-state index contributed by atoms with van der Waals surface area (Å²) in [6.07, 6.45) is 2.25. The zero-order valence-electron chi connectivity index (χ0n) is 11.1. The van der Waals surface area contributed by atoms with Gasteiger partial charge < -0.3 is 10.1 Å². The van der Waals surface area contributed by atoms with Gasteiger partial charge in [0.15, 0.2) is 0 Å². The Morgan fingerprint density at radius 3 is 2.78 bits per heavy atom. The van der Waals surface area contributed by atoms with Crippen LogP contribution in [0, 0.1) is 0 Å². The van der Waals surface area contributed by atoms with Crippen LogP contribution in [0.1, 0.15) is 49.8 Å². The van der Waals surface area contributed by atoms with Gasteiger partial charge in [0.05, 0.1) is 13.2 Å². The Morgan fingerprint density at radius 1 is 1.33 bits per heavy atom. The molecule has 0 saturated carbocycles. The molecular formula is C15H21NO2. The monoisotopic (exact) mass is 247 g/mol. The standard InChI is InChI=1S/C15H21NO2/c1-3-18-15(17)10-16-14-9-8-11(2)12-6-4-5-7-13(12)14/h4-7,11,14,16H,3,8-10H2,1-2H3. The molecule has 0 radical (unpaired) electrons. The van der Waals surface area contributed by atoms with Crippen molar-refractivity contribution in [3.63, 3.8) is 0 Å². The largest absolute Gasteiger partial charge is 0.465 e. The second-order valence-electron chi connectivity index (χ2n) is 4.85. The first-order chi connectivity index (χ1) is 8.72. The van der Waals surface area contributed by atoms with Crippen LogP contribution in [0.25, 0.3) is 0 Å². The van der Waals surface area contributed by atoms with Crippen LogP contribution in [-0.4, -0.2) is 19.1 Å². The maximum absolute atomic E-state index is 11.4. The Labute approximate surface area is 109 Å². The van der Waals surface area contributed by atoms with Crippen LogP contribution in [0.15, 0.2) is 24.3 Å². The van der Waals surface area contributed by atoms with E-state index in [0.717, 1.165) is 12.8 Å². The van der Waals surface area contributed by atoms with Crippen molar-refractivity contribution in [3.05, 3.63) is 35.4 Å². The Morgan fingerprint density at radius 2 is 2.06 bits per heavy atom. The van der Waals surface area contributed by atoms with Crippen molar-refractivity contribution in [1.29, 1.82) is 0 Å². The number of carbonyl (C=O) groups excluding carboxylic acids is 1. The topological polar surface area (TPSA) is 38.3 Å².